The summed E-state index contributed by atoms with van der Waals surface area (Å²) < 4.78 is 0. The summed E-state index contributed by atoms with van der Waals surface area (Å²) >= 11 is 0. The minimum absolute atomic E-state index is 0.435. The lowest BCUT2D eigenvalue weighted by atomic mass is 9.85. The van der Waals surface area contributed by atoms with E-state index < -0.39 is 5.97 Å². The molecule has 2 heteroatoms. The van der Waals surface area contributed by atoms with E-state index in [1.165, 1.54) is 31.2 Å². The van der Waals surface area contributed by atoms with E-state index in [2.05, 4.69) is 20.8 Å². The van der Waals surface area contributed by atoms with Crippen LogP contribution < -0.4 is 0 Å². The molecule has 1 unspecified atom stereocenters. The first-order valence-corrected chi connectivity index (χ1v) is 7.36. The molecule has 0 saturated carbocycles. The molecule has 0 aliphatic rings. The molecule has 1 aromatic carbocycles. The van der Waals surface area contributed by atoms with Crippen LogP contribution in [0, 0.1) is 13.8 Å². The molecule has 0 amide bonds. The summed E-state index contributed by atoms with van der Waals surface area (Å²) in [5.74, 6) is -0.265. The van der Waals surface area contributed by atoms with Crippen molar-refractivity contribution in [3.05, 3.63) is 34.4 Å². The van der Waals surface area contributed by atoms with Gasteiger partial charge in [-0.1, -0.05) is 39.2 Å². The largest absolute Gasteiger partial charge is 0.478 e. The number of hydrogen-bond acceptors (Lipinski definition) is 1. The van der Waals surface area contributed by atoms with Gasteiger partial charge in [0.15, 0.2) is 0 Å². The fraction of sp³-hybridized carbons (Fsp3) is 0.588. The van der Waals surface area contributed by atoms with Crippen LogP contribution in [0.25, 0.3) is 0 Å². The molecule has 0 heterocycles. The normalized spacial score (nSPS) is 12.4. The summed E-state index contributed by atoms with van der Waals surface area (Å²) in [7, 11) is 0. The van der Waals surface area contributed by atoms with Crippen molar-refractivity contribution in [1.82, 2.24) is 0 Å². The van der Waals surface area contributed by atoms with Crippen molar-refractivity contribution in [2.45, 2.75) is 65.7 Å². The average Bonchev–Trinajstić information content (AvgIpc) is 2.38. The molecule has 106 valence electrons. The standard InChI is InChI=1S/C17H26O2/c1-5-7-8-9-14(6-2)15-10-11-16(17(18)19)13(4)12(15)3/h10-11,14H,5-9H2,1-4H3,(H,18,19). The fourth-order valence-electron chi connectivity index (χ4n) is 2.74. The molecule has 0 aromatic heterocycles. The second-order valence-corrected chi connectivity index (χ2v) is 5.36. The van der Waals surface area contributed by atoms with Crippen LogP contribution >= 0.6 is 0 Å². The fourth-order valence-corrected chi connectivity index (χ4v) is 2.74. The van der Waals surface area contributed by atoms with Crippen LogP contribution in [-0.2, 0) is 0 Å². The molecule has 1 rings (SSSR count). The first-order chi connectivity index (χ1) is 9.02. The van der Waals surface area contributed by atoms with Gasteiger partial charge in [-0.3, -0.25) is 0 Å². The van der Waals surface area contributed by atoms with Crippen LogP contribution in [0.4, 0.5) is 0 Å². The van der Waals surface area contributed by atoms with Crippen molar-refractivity contribution in [3.63, 3.8) is 0 Å². The van der Waals surface area contributed by atoms with Crippen LogP contribution in [0.5, 0.6) is 0 Å². The lowest BCUT2D eigenvalue weighted by molar-refractivity contribution is 0.0696. The van der Waals surface area contributed by atoms with E-state index in [9.17, 15) is 4.79 Å². The van der Waals surface area contributed by atoms with E-state index >= 15 is 0 Å². The predicted octanol–water partition coefficient (Wildman–Crippen LogP) is 5.08. The quantitative estimate of drug-likeness (QED) is 0.696. The molecular formula is C17H26O2. The molecule has 0 spiro atoms. The third-order valence-corrected chi connectivity index (χ3v) is 4.15. The minimum Gasteiger partial charge on any atom is -0.478 e. The summed E-state index contributed by atoms with van der Waals surface area (Å²) in [6.45, 7) is 8.41. The molecule has 0 radical (unpaired) electrons. The zero-order valence-electron chi connectivity index (χ0n) is 12.6. The highest BCUT2D eigenvalue weighted by atomic mass is 16.4. The number of aromatic carboxylic acids is 1. The summed E-state index contributed by atoms with van der Waals surface area (Å²) in [5, 5.41) is 9.15. The number of unbranched alkanes of at least 4 members (excludes halogenated alkanes) is 2. The van der Waals surface area contributed by atoms with E-state index in [1.54, 1.807) is 6.07 Å². The number of carbonyl (C=O) groups is 1. The third-order valence-electron chi connectivity index (χ3n) is 4.15. The summed E-state index contributed by atoms with van der Waals surface area (Å²) in [4.78, 5) is 11.1. The second-order valence-electron chi connectivity index (χ2n) is 5.36. The molecule has 1 atom stereocenters. The highest BCUT2D eigenvalue weighted by Crippen LogP contribution is 2.31. The monoisotopic (exact) mass is 262 g/mol. The van der Waals surface area contributed by atoms with Crippen molar-refractivity contribution in [2.75, 3.05) is 0 Å². The maximum Gasteiger partial charge on any atom is 0.335 e. The Bertz CT molecular complexity index is 435. The summed E-state index contributed by atoms with van der Waals surface area (Å²) in [6.07, 6.45) is 6.11. The summed E-state index contributed by atoms with van der Waals surface area (Å²) in [6, 6.07) is 3.79. The van der Waals surface area contributed by atoms with Gasteiger partial charge >= 0.3 is 5.97 Å². The van der Waals surface area contributed by atoms with E-state index in [-0.39, 0.29) is 0 Å². The van der Waals surface area contributed by atoms with Gasteiger partial charge in [0.25, 0.3) is 0 Å². The van der Waals surface area contributed by atoms with Crippen LogP contribution in [-0.4, -0.2) is 11.1 Å². The molecule has 1 aromatic rings. The molecule has 0 aliphatic carbocycles. The lowest BCUT2D eigenvalue weighted by Gasteiger charge is -2.20. The Balaban J connectivity index is 2.99. The Labute approximate surface area is 116 Å². The zero-order valence-corrected chi connectivity index (χ0v) is 12.6. The Morgan fingerprint density at radius 2 is 1.84 bits per heavy atom. The van der Waals surface area contributed by atoms with Gasteiger partial charge in [-0.05, 0) is 55.4 Å². The molecule has 19 heavy (non-hydrogen) atoms. The van der Waals surface area contributed by atoms with Crippen molar-refractivity contribution in [2.24, 2.45) is 0 Å². The van der Waals surface area contributed by atoms with E-state index in [0.717, 1.165) is 17.5 Å². The highest BCUT2D eigenvalue weighted by molar-refractivity contribution is 5.89. The molecule has 0 fully saturated rings. The number of rotatable bonds is 7. The maximum absolute atomic E-state index is 11.1. The maximum atomic E-state index is 11.1. The Morgan fingerprint density at radius 1 is 1.16 bits per heavy atom. The Hall–Kier alpha value is -1.31. The van der Waals surface area contributed by atoms with Gasteiger partial charge in [-0.25, -0.2) is 4.79 Å². The van der Waals surface area contributed by atoms with Gasteiger partial charge in [0.2, 0.25) is 0 Å². The Kier molecular flexibility index (Phi) is 6.07. The van der Waals surface area contributed by atoms with Crippen LogP contribution in [0.15, 0.2) is 12.1 Å². The van der Waals surface area contributed by atoms with Crippen molar-refractivity contribution < 1.29 is 9.90 Å². The number of benzene rings is 1. The van der Waals surface area contributed by atoms with Crippen molar-refractivity contribution in [3.8, 4) is 0 Å². The first-order valence-electron chi connectivity index (χ1n) is 7.36. The number of hydrogen-bond donors (Lipinski definition) is 1. The average molecular weight is 262 g/mol. The molecule has 0 bridgehead atoms. The van der Waals surface area contributed by atoms with Gasteiger partial charge < -0.3 is 5.11 Å². The second kappa shape index (κ2) is 7.32. The van der Waals surface area contributed by atoms with Crippen LogP contribution in [0.1, 0.15) is 78.9 Å². The molecule has 2 nitrogen and oxygen atoms in total. The number of carboxylic acid groups (broad SMARTS) is 1. The van der Waals surface area contributed by atoms with Crippen LogP contribution in [0.2, 0.25) is 0 Å². The van der Waals surface area contributed by atoms with Gasteiger partial charge in [-0.2, -0.15) is 0 Å². The molecular weight excluding hydrogens is 236 g/mol. The SMILES string of the molecule is CCCCCC(CC)c1ccc(C(=O)O)c(C)c1C. The van der Waals surface area contributed by atoms with Gasteiger partial charge in [-0.15, -0.1) is 0 Å². The summed E-state index contributed by atoms with van der Waals surface area (Å²) in [5.41, 5.74) is 3.84. The van der Waals surface area contributed by atoms with E-state index in [4.69, 9.17) is 5.11 Å². The van der Waals surface area contributed by atoms with Crippen LogP contribution in [0.3, 0.4) is 0 Å². The topological polar surface area (TPSA) is 37.3 Å². The van der Waals surface area contributed by atoms with E-state index in [1.807, 2.05) is 13.0 Å². The lowest BCUT2D eigenvalue weighted by Crippen LogP contribution is -2.07. The predicted molar refractivity (Wildman–Crippen MR) is 80.0 cm³/mol. The van der Waals surface area contributed by atoms with Gasteiger partial charge in [0.05, 0.1) is 5.56 Å². The Morgan fingerprint density at radius 3 is 2.37 bits per heavy atom. The van der Waals surface area contributed by atoms with Gasteiger partial charge in [0.1, 0.15) is 0 Å². The highest BCUT2D eigenvalue weighted by Gasteiger charge is 2.16. The smallest absolute Gasteiger partial charge is 0.335 e. The molecule has 0 saturated heterocycles. The molecule has 0 aliphatic heterocycles. The molecule has 1 N–H and O–H groups in total. The van der Waals surface area contributed by atoms with Gasteiger partial charge in [0, 0.05) is 0 Å². The zero-order chi connectivity index (χ0) is 14.4. The van der Waals surface area contributed by atoms with Crippen molar-refractivity contribution in [1.29, 1.82) is 0 Å². The minimum atomic E-state index is -0.828. The number of carboxylic acids is 1. The third kappa shape index (κ3) is 3.82. The first kappa shape index (κ1) is 15.7. The van der Waals surface area contributed by atoms with E-state index in [0.29, 0.717) is 11.5 Å². The van der Waals surface area contributed by atoms with Crippen molar-refractivity contribution >= 4 is 5.97 Å².